The summed E-state index contributed by atoms with van der Waals surface area (Å²) in [6.07, 6.45) is 1.68. The fourth-order valence-electron chi connectivity index (χ4n) is 2.74. The molecule has 1 amide bonds. The Labute approximate surface area is 176 Å². The van der Waals surface area contributed by atoms with Gasteiger partial charge in [-0.1, -0.05) is 23.8 Å². The molecule has 7 nitrogen and oxygen atoms in total. The predicted molar refractivity (Wildman–Crippen MR) is 118 cm³/mol. The number of carbonyl (C=O) groups excluding carboxylic acids is 1. The Bertz CT molecular complexity index is 1140. The van der Waals surface area contributed by atoms with Gasteiger partial charge >= 0.3 is 0 Å². The number of pyridine rings is 1. The molecule has 0 aliphatic rings. The minimum absolute atomic E-state index is 0.0227. The van der Waals surface area contributed by atoms with Gasteiger partial charge in [0.1, 0.15) is 5.82 Å². The van der Waals surface area contributed by atoms with Gasteiger partial charge in [0.2, 0.25) is 0 Å². The fourth-order valence-corrected chi connectivity index (χ4v) is 3.84. The van der Waals surface area contributed by atoms with Gasteiger partial charge in [0.15, 0.2) is 0 Å². The molecule has 0 radical (unpaired) electrons. The fraction of sp³-hybridized carbons (Fsp3) is 0.182. The van der Waals surface area contributed by atoms with Crippen LogP contribution in [0.4, 0.5) is 11.5 Å². The third-order valence-corrected chi connectivity index (χ3v) is 5.81. The smallest absolute Gasteiger partial charge is 0.261 e. The first-order valence-electron chi connectivity index (χ1n) is 9.34. The van der Waals surface area contributed by atoms with Crippen molar-refractivity contribution in [1.82, 2.24) is 10.3 Å². The Hall–Kier alpha value is -3.39. The number of nitrogens with one attached hydrogen (secondary N) is 2. The van der Waals surface area contributed by atoms with Crippen molar-refractivity contribution >= 4 is 27.4 Å². The van der Waals surface area contributed by atoms with Crippen LogP contribution in [0.2, 0.25) is 0 Å². The van der Waals surface area contributed by atoms with Crippen molar-refractivity contribution in [1.29, 1.82) is 0 Å². The Morgan fingerprint density at radius 2 is 1.77 bits per heavy atom. The monoisotopic (exact) mass is 424 g/mol. The molecule has 0 fully saturated rings. The van der Waals surface area contributed by atoms with E-state index in [4.69, 9.17) is 0 Å². The minimum atomic E-state index is -3.81. The molecule has 3 rings (SSSR count). The number of hydrogen-bond donors (Lipinski definition) is 2. The topological polar surface area (TPSA) is 91.4 Å². The summed E-state index contributed by atoms with van der Waals surface area (Å²) in [5.74, 6) is 0.433. The van der Waals surface area contributed by atoms with Crippen LogP contribution in [0, 0.1) is 6.92 Å². The molecule has 0 saturated heterocycles. The van der Waals surface area contributed by atoms with E-state index in [1.54, 1.807) is 30.5 Å². The van der Waals surface area contributed by atoms with Crippen LogP contribution in [0.15, 0.2) is 71.8 Å². The maximum Gasteiger partial charge on any atom is 0.261 e. The van der Waals surface area contributed by atoms with Crippen LogP contribution < -0.4 is 14.9 Å². The molecule has 156 valence electrons. The number of amides is 1. The van der Waals surface area contributed by atoms with Crippen molar-refractivity contribution in [2.24, 2.45) is 0 Å². The van der Waals surface area contributed by atoms with Crippen LogP contribution in [0.5, 0.6) is 0 Å². The van der Waals surface area contributed by atoms with E-state index in [-0.39, 0.29) is 16.4 Å². The quantitative estimate of drug-likeness (QED) is 0.608. The van der Waals surface area contributed by atoms with Gasteiger partial charge in [0, 0.05) is 38.1 Å². The van der Waals surface area contributed by atoms with E-state index in [1.807, 2.05) is 50.2 Å². The number of carbonyl (C=O) groups is 1. The summed E-state index contributed by atoms with van der Waals surface area (Å²) in [4.78, 5) is 18.7. The second-order valence-electron chi connectivity index (χ2n) is 7.10. The summed E-state index contributed by atoms with van der Waals surface area (Å²) in [6, 6.07) is 16.7. The minimum Gasteiger partial charge on any atom is -0.363 e. The number of rotatable bonds is 7. The lowest BCUT2D eigenvalue weighted by atomic mass is 10.2. The lowest BCUT2D eigenvalue weighted by molar-refractivity contribution is 0.0950. The zero-order valence-corrected chi connectivity index (χ0v) is 17.9. The molecule has 30 heavy (non-hydrogen) atoms. The lowest BCUT2D eigenvalue weighted by Gasteiger charge is -2.13. The summed E-state index contributed by atoms with van der Waals surface area (Å²) < 4.78 is 27.9. The lowest BCUT2D eigenvalue weighted by Crippen LogP contribution is -2.23. The summed E-state index contributed by atoms with van der Waals surface area (Å²) in [7, 11) is -0.0279. The maximum absolute atomic E-state index is 12.7. The highest BCUT2D eigenvalue weighted by molar-refractivity contribution is 7.92. The molecule has 2 aromatic carbocycles. The van der Waals surface area contributed by atoms with Gasteiger partial charge in [-0.25, -0.2) is 13.4 Å². The molecule has 1 heterocycles. The molecular weight excluding hydrogens is 400 g/mol. The molecule has 2 N–H and O–H groups in total. The summed E-state index contributed by atoms with van der Waals surface area (Å²) in [6.45, 7) is 2.23. The average Bonchev–Trinajstić information content (AvgIpc) is 2.74. The first-order chi connectivity index (χ1) is 14.2. The standard InChI is InChI=1S/C22H24N4O3S/c1-16-7-9-19(10-8-16)25-30(28,29)20-6-4-5-18(14-20)22(27)24-15-17-11-12-23-21(13-17)26(2)3/h4-14,25H,15H2,1-3H3,(H,24,27). The van der Waals surface area contributed by atoms with Crippen molar-refractivity contribution in [3.05, 3.63) is 83.6 Å². The van der Waals surface area contributed by atoms with E-state index >= 15 is 0 Å². The number of benzene rings is 2. The Morgan fingerprint density at radius 1 is 1.03 bits per heavy atom. The Kier molecular flexibility index (Phi) is 6.37. The number of sulfonamides is 1. The van der Waals surface area contributed by atoms with E-state index in [9.17, 15) is 13.2 Å². The molecule has 0 aliphatic carbocycles. The van der Waals surface area contributed by atoms with Gasteiger partial charge in [0.05, 0.1) is 4.90 Å². The van der Waals surface area contributed by atoms with Crippen molar-refractivity contribution in [3.8, 4) is 0 Å². The number of hydrogen-bond acceptors (Lipinski definition) is 5. The summed E-state index contributed by atoms with van der Waals surface area (Å²) in [5, 5.41) is 2.82. The van der Waals surface area contributed by atoms with Crippen LogP contribution in [0.25, 0.3) is 0 Å². The first-order valence-corrected chi connectivity index (χ1v) is 10.8. The van der Waals surface area contributed by atoms with Crippen molar-refractivity contribution in [2.45, 2.75) is 18.4 Å². The Morgan fingerprint density at radius 3 is 2.47 bits per heavy atom. The second-order valence-corrected chi connectivity index (χ2v) is 8.78. The highest BCUT2D eigenvalue weighted by Gasteiger charge is 2.16. The zero-order chi connectivity index (χ0) is 21.7. The van der Waals surface area contributed by atoms with Gasteiger partial charge in [-0.15, -0.1) is 0 Å². The molecule has 1 aromatic heterocycles. The predicted octanol–water partition coefficient (Wildman–Crippen LogP) is 3.19. The van der Waals surface area contributed by atoms with Gasteiger partial charge in [-0.05, 0) is 55.0 Å². The molecule has 0 aliphatic heterocycles. The van der Waals surface area contributed by atoms with Crippen LogP contribution in [0.3, 0.4) is 0 Å². The molecule has 0 unspecified atom stereocenters. The number of anilines is 2. The summed E-state index contributed by atoms with van der Waals surface area (Å²) >= 11 is 0. The number of nitrogens with zero attached hydrogens (tertiary/aromatic N) is 2. The Balaban J connectivity index is 1.71. The normalized spacial score (nSPS) is 11.0. The van der Waals surface area contributed by atoms with Gasteiger partial charge in [0.25, 0.3) is 15.9 Å². The van der Waals surface area contributed by atoms with E-state index < -0.39 is 10.0 Å². The van der Waals surface area contributed by atoms with Crippen LogP contribution in [0.1, 0.15) is 21.5 Å². The summed E-state index contributed by atoms with van der Waals surface area (Å²) in [5.41, 5.74) is 2.66. The highest BCUT2D eigenvalue weighted by atomic mass is 32.2. The van der Waals surface area contributed by atoms with E-state index in [1.165, 1.54) is 12.1 Å². The second kappa shape index (κ2) is 8.96. The molecule has 0 spiro atoms. The van der Waals surface area contributed by atoms with E-state index in [0.717, 1.165) is 16.9 Å². The number of aromatic nitrogens is 1. The van der Waals surface area contributed by atoms with Crippen LogP contribution >= 0.6 is 0 Å². The number of aryl methyl sites for hydroxylation is 1. The molecule has 0 bridgehead atoms. The largest absolute Gasteiger partial charge is 0.363 e. The van der Waals surface area contributed by atoms with Crippen molar-refractivity contribution in [2.75, 3.05) is 23.7 Å². The first kappa shape index (κ1) is 21.3. The molecule has 0 saturated carbocycles. The molecule has 0 atom stereocenters. The van der Waals surface area contributed by atoms with Gasteiger partial charge in [-0.2, -0.15) is 0 Å². The zero-order valence-electron chi connectivity index (χ0n) is 17.1. The maximum atomic E-state index is 12.7. The third-order valence-electron chi connectivity index (χ3n) is 4.43. The van der Waals surface area contributed by atoms with Gasteiger partial charge in [-0.3, -0.25) is 9.52 Å². The van der Waals surface area contributed by atoms with Crippen LogP contribution in [-0.2, 0) is 16.6 Å². The molecule has 8 heteroatoms. The van der Waals surface area contributed by atoms with Gasteiger partial charge < -0.3 is 10.2 Å². The van der Waals surface area contributed by atoms with E-state index in [0.29, 0.717) is 12.2 Å². The van der Waals surface area contributed by atoms with Crippen molar-refractivity contribution in [3.63, 3.8) is 0 Å². The van der Waals surface area contributed by atoms with Crippen LogP contribution in [-0.4, -0.2) is 33.4 Å². The molecule has 3 aromatic rings. The van der Waals surface area contributed by atoms with E-state index in [2.05, 4.69) is 15.0 Å². The van der Waals surface area contributed by atoms with Crippen molar-refractivity contribution < 1.29 is 13.2 Å². The molecular formula is C22H24N4O3S. The highest BCUT2D eigenvalue weighted by Crippen LogP contribution is 2.18. The SMILES string of the molecule is Cc1ccc(NS(=O)(=O)c2cccc(C(=O)NCc3ccnc(N(C)C)c3)c2)cc1. The average molecular weight is 425 g/mol. The third kappa shape index (κ3) is 5.36.